The van der Waals surface area contributed by atoms with Gasteiger partial charge in [0.1, 0.15) is 11.4 Å². The SMILES string of the molecule is CCNC(=O)c1cn(-c2ccccc2)nc1-c1ccccc1OC. The van der Waals surface area contributed by atoms with Crippen LogP contribution in [0.5, 0.6) is 5.75 Å². The van der Waals surface area contributed by atoms with E-state index >= 15 is 0 Å². The second-order valence-corrected chi connectivity index (χ2v) is 5.23. The number of ether oxygens (including phenoxy) is 1. The Morgan fingerprint density at radius 3 is 2.54 bits per heavy atom. The second kappa shape index (κ2) is 7.00. The van der Waals surface area contributed by atoms with Gasteiger partial charge in [0.2, 0.25) is 0 Å². The van der Waals surface area contributed by atoms with Crippen LogP contribution in [0.1, 0.15) is 17.3 Å². The summed E-state index contributed by atoms with van der Waals surface area (Å²) in [7, 11) is 1.61. The molecule has 0 saturated carbocycles. The summed E-state index contributed by atoms with van der Waals surface area (Å²) in [4.78, 5) is 12.5. The molecule has 2 aromatic carbocycles. The summed E-state index contributed by atoms with van der Waals surface area (Å²) in [5, 5.41) is 7.48. The number of hydrogen-bond acceptors (Lipinski definition) is 3. The van der Waals surface area contributed by atoms with Crippen LogP contribution in [0.4, 0.5) is 0 Å². The highest BCUT2D eigenvalue weighted by molar-refractivity contribution is 6.00. The van der Waals surface area contributed by atoms with E-state index in [1.807, 2.05) is 61.5 Å². The van der Waals surface area contributed by atoms with Gasteiger partial charge >= 0.3 is 0 Å². The first kappa shape index (κ1) is 15.8. The molecule has 5 heteroatoms. The van der Waals surface area contributed by atoms with Crippen LogP contribution in [0.15, 0.2) is 60.8 Å². The molecule has 0 atom stereocenters. The average Bonchev–Trinajstić information content (AvgIpc) is 3.08. The Kier molecular flexibility index (Phi) is 4.61. The fourth-order valence-electron chi connectivity index (χ4n) is 2.55. The number of para-hydroxylation sites is 2. The first-order valence-electron chi connectivity index (χ1n) is 7.81. The quantitative estimate of drug-likeness (QED) is 0.784. The van der Waals surface area contributed by atoms with Crippen LogP contribution in [0.2, 0.25) is 0 Å². The van der Waals surface area contributed by atoms with E-state index in [1.165, 1.54) is 0 Å². The Hall–Kier alpha value is -3.08. The molecule has 0 unspecified atom stereocenters. The van der Waals surface area contributed by atoms with Gasteiger partial charge in [-0.3, -0.25) is 4.79 Å². The molecule has 0 aliphatic carbocycles. The van der Waals surface area contributed by atoms with Crippen molar-refractivity contribution in [1.29, 1.82) is 0 Å². The molecule has 1 heterocycles. The van der Waals surface area contributed by atoms with Gasteiger partial charge in [0.15, 0.2) is 0 Å². The fourth-order valence-corrected chi connectivity index (χ4v) is 2.55. The molecular formula is C19H19N3O2. The smallest absolute Gasteiger partial charge is 0.255 e. The molecule has 3 rings (SSSR count). The van der Waals surface area contributed by atoms with Gasteiger partial charge in [-0.1, -0.05) is 30.3 Å². The minimum atomic E-state index is -0.152. The summed E-state index contributed by atoms with van der Waals surface area (Å²) in [6, 6.07) is 17.3. The Bertz CT molecular complexity index is 841. The molecular weight excluding hydrogens is 302 g/mol. The van der Waals surface area contributed by atoms with Gasteiger partial charge in [-0.2, -0.15) is 5.10 Å². The number of rotatable bonds is 5. The highest BCUT2D eigenvalue weighted by Gasteiger charge is 2.20. The van der Waals surface area contributed by atoms with Crippen LogP contribution in [0.25, 0.3) is 16.9 Å². The number of carbonyl (C=O) groups excluding carboxylic acids is 1. The predicted octanol–water partition coefficient (Wildman–Crippen LogP) is 3.30. The highest BCUT2D eigenvalue weighted by Crippen LogP contribution is 2.31. The van der Waals surface area contributed by atoms with Crippen molar-refractivity contribution in [3.05, 3.63) is 66.4 Å². The molecule has 0 radical (unpaired) electrons. The maximum atomic E-state index is 12.5. The van der Waals surface area contributed by atoms with E-state index < -0.39 is 0 Å². The molecule has 0 spiro atoms. The molecule has 1 aromatic heterocycles. The van der Waals surface area contributed by atoms with Gasteiger partial charge in [-0.25, -0.2) is 4.68 Å². The maximum Gasteiger partial charge on any atom is 0.255 e. The van der Waals surface area contributed by atoms with Gasteiger partial charge in [-0.15, -0.1) is 0 Å². The molecule has 1 N–H and O–H groups in total. The van der Waals surface area contributed by atoms with Crippen molar-refractivity contribution in [2.24, 2.45) is 0 Å². The summed E-state index contributed by atoms with van der Waals surface area (Å²) in [5.74, 6) is 0.530. The minimum Gasteiger partial charge on any atom is -0.496 e. The molecule has 0 aliphatic heterocycles. The molecule has 5 nitrogen and oxygen atoms in total. The Labute approximate surface area is 140 Å². The normalized spacial score (nSPS) is 10.4. The lowest BCUT2D eigenvalue weighted by Crippen LogP contribution is -2.22. The number of aromatic nitrogens is 2. The van der Waals surface area contributed by atoms with Gasteiger partial charge in [0.05, 0.1) is 18.4 Å². The van der Waals surface area contributed by atoms with E-state index in [0.29, 0.717) is 23.6 Å². The largest absolute Gasteiger partial charge is 0.496 e. The zero-order valence-corrected chi connectivity index (χ0v) is 13.7. The molecule has 24 heavy (non-hydrogen) atoms. The van der Waals surface area contributed by atoms with Crippen molar-refractivity contribution in [3.8, 4) is 22.7 Å². The first-order chi connectivity index (χ1) is 11.7. The van der Waals surface area contributed by atoms with Crippen molar-refractivity contribution < 1.29 is 9.53 Å². The van der Waals surface area contributed by atoms with Gasteiger partial charge in [-0.05, 0) is 31.2 Å². The summed E-state index contributed by atoms with van der Waals surface area (Å²) in [6.45, 7) is 2.45. The lowest BCUT2D eigenvalue weighted by molar-refractivity contribution is 0.0956. The Morgan fingerprint density at radius 1 is 1.12 bits per heavy atom. The zero-order chi connectivity index (χ0) is 16.9. The maximum absolute atomic E-state index is 12.5. The number of benzene rings is 2. The molecule has 1 amide bonds. The number of hydrogen-bond donors (Lipinski definition) is 1. The number of amides is 1. The summed E-state index contributed by atoms with van der Waals surface area (Å²) >= 11 is 0. The lowest BCUT2D eigenvalue weighted by Gasteiger charge is -2.07. The number of nitrogens with zero attached hydrogens (tertiary/aromatic N) is 2. The van der Waals surface area contributed by atoms with E-state index in [2.05, 4.69) is 10.4 Å². The molecule has 0 bridgehead atoms. The van der Waals surface area contributed by atoms with Gasteiger partial charge < -0.3 is 10.1 Å². The van der Waals surface area contributed by atoms with Gasteiger partial charge in [0, 0.05) is 18.3 Å². The molecule has 122 valence electrons. The van der Waals surface area contributed by atoms with Crippen LogP contribution >= 0.6 is 0 Å². The monoisotopic (exact) mass is 321 g/mol. The minimum absolute atomic E-state index is 0.152. The Balaban J connectivity index is 2.16. The second-order valence-electron chi connectivity index (χ2n) is 5.23. The van der Waals surface area contributed by atoms with Crippen molar-refractivity contribution in [2.75, 3.05) is 13.7 Å². The van der Waals surface area contributed by atoms with Gasteiger partial charge in [0.25, 0.3) is 5.91 Å². The summed E-state index contributed by atoms with van der Waals surface area (Å²) < 4.78 is 7.14. The molecule has 0 saturated heterocycles. The Morgan fingerprint density at radius 2 is 1.83 bits per heavy atom. The van der Waals surface area contributed by atoms with Crippen LogP contribution in [0.3, 0.4) is 0 Å². The number of nitrogens with one attached hydrogen (secondary N) is 1. The molecule has 0 aliphatic rings. The van der Waals surface area contributed by atoms with Crippen LogP contribution in [-0.4, -0.2) is 29.3 Å². The van der Waals surface area contributed by atoms with Crippen molar-refractivity contribution in [3.63, 3.8) is 0 Å². The third-order valence-corrected chi connectivity index (χ3v) is 3.68. The topological polar surface area (TPSA) is 56.2 Å². The van der Waals surface area contributed by atoms with Crippen molar-refractivity contribution in [1.82, 2.24) is 15.1 Å². The summed E-state index contributed by atoms with van der Waals surface area (Å²) in [5.41, 5.74) is 2.80. The van der Waals surface area contributed by atoms with Crippen LogP contribution < -0.4 is 10.1 Å². The first-order valence-corrected chi connectivity index (χ1v) is 7.81. The zero-order valence-electron chi connectivity index (χ0n) is 13.7. The van der Waals surface area contributed by atoms with Crippen LogP contribution in [-0.2, 0) is 0 Å². The highest BCUT2D eigenvalue weighted by atomic mass is 16.5. The van der Waals surface area contributed by atoms with Crippen molar-refractivity contribution in [2.45, 2.75) is 6.92 Å². The third kappa shape index (κ3) is 3.01. The van der Waals surface area contributed by atoms with E-state index in [0.717, 1.165) is 11.3 Å². The van der Waals surface area contributed by atoms with Crippen LogP contribution in [0, 0.1) is 0 Å². The fraction of sp³-hybridized carbons (Fsp3) is 0.158. The van der Waals surface area contributed by atoms with E-state index in [1.54, 1.807) is 18.0 Å². The van der Waals surface area contributed by atoms with E-state index in [-0.39, 0.29) is 5.91 Å². The average molecular weight is 321 g/mol. The van der Waals surface area contributed by atoms with E-state index in [9.17, 15) is 4.79 Å². The standard InChI is InChI=1S/C19H19N3O2/c1-3-20-19(23)16-13-22(14-9-5-4-6-10-14)21-18(16)15-11-7-8-12-17(15)24-2/h4-13H,3H2,1-2H3,(H,20,23). The molecule has 0 fully saturated rings. The number of methoxy groups -OCH3 is 1. The van der Waals surface area contributed by atoms with E-state index in [4.69, 9.17) is 4.74 Å². The lowest BCUT2D eigenvalue weighted by atomic mass is 10.1. The third-order valence-electron chi connectivity index (χ3n) is 3.68. The van der Waals surface area contributed by atoms with Crippen molar-refractivity contribution >= 4 is 5.91 Å². The predicted molar refractivity (Wildman–Crippen MR) is 93.6 cm³/mol. The number of carbonyl (C=O) groups is 1. The summed E-state index contributed by atoms with van der Waals surface area (Å²) in [6.07, 6.45) is 1.75. The molecule has 3 aromatic rings.